The first-order chi connectivity index (χ1) is 10.2. The van der Waals surface area contributed by atoms with Crippen molar-refractivity contribution in [3.63, 3.8) is 0 Å². The summed E-state index contributed by atoms with van der Waals surface area (Å²) >= 11 is 0. The Kier molecular flexibility index (Phi) is 5.37. The summed E-state index contributed by atoms with van der Waals surface area (Å²) in [6, 6.07) is 7.45. The van der Waals surface area contributed by atoms with E-state index in [1.165, 1.54) is 0 Å². The zero-order chi connectivity index (χ0) is 15.2. The fourth-order valence-electron chi connectivity index (χ4n) is 2.66. The summed E-state index contributed by atoms with van der Waals surface area (Å²) in [7, 11) is 0. The third-order valence-corrected chi connectivity index (χ3v) is 3.93. The summed E-state index contributed by atoms with van der Waals surface area (Å²) in [4.78, 5) is 28.0. The summed E-state index contributed by atoms with van der Waals surface area (Å²) < 4.78 is 0. The number of carbonyl (C=O) groups excluding carboxylic acids is 2. The number of benzene rings is 1. The molecule has 1 aromatic rings. The van der Waals surface area contributed by atoms with E-state index in [0.717, 1.165) is 38.0 Å². The molecule has 1 aliphatic heterocycles. The molecule has 0 aliphatic carbocycles. The van der Waals surface area contributed by atoms with Gasteiger partial charge in [0, 0.05) is 37.3 Å². The van der Waals surface area contributed by atoms with Crippen LogP contribution in [0.3, 0.4) is 0 Å². The summed E-state index contributed by atoms with van der Waals surface area (Å²) in [6.45, 7) is 6.38. The molecule has 4 heteroatoms. The largest absolute Gasteiger partial charge is 0.339 e. The maximum Gasteiger partial charge on any atom is 0.253 e. The number of hydrogen-bond acceptors (Lipinski definition) is 2. The van der Waals surface area contributed by atoms with Crippen LogP contribution in [0, 0.1) is 0 Å². The van der Waals surface area contributed by atoms with Crippen molar-refractivity contribution in [3.05, 3.63) is 29.8 Å². The van der Waals surface area contributed by atoms with E-state index >= 15 is 0 Å². The molecule has 0 bridgehead atoms. The van der Waals surface area contributed by atoms with Gasteiger partial charge in [-0.3, -0.25) is 9.59 Å². The second kappa shape index (κ2) is 7.25. The Labute approximate surface area is 126 Å². The first-order valence-electron chi connectivity index (χ1n) is 7.87. The maximum atomic E-state index is 12.6. The molecule has 21 heavy (non-hydrogen) atoms. The van der Waals surface area contributed by atoms with Crippen LogP contribution in [0.5, 0.6) is 0 Å². The van der Waals surface area contributed by atoms with E-state index in [1.54, 1.807) is 4.90 Å². The molecule has 4 nitrogen and oxygen atoms in total. The molecule has 114 valence electrons. The SMILES string of the molecule is CCCCN(CC)C(=O)c1cccc(N2CCCC2=O)c1. The highest BCUT2D eigenvalue weighted by atomic mass is 16.2. The van der Waals surface area contributed by atoms with E-state index in [-0.39, 0.29) is 11.8 Å². The lowest BCUT2D eigenvalue weighted by molar-refractivity contribution is -0.117. The zero-order valence-corrected chi connectivity index (χ0v) is 13.0. The highest BCUT2D eigenvalue weighted by molar-refractivity contribution is 5.99. The Hall–Kier alpha value is -1.84. The number of unbranched alkanes of at least 4 members (excludes halogenated alkanes) is 1. The van der Waals surface area contributed by atoms with Gasteiger partial charge in [-0.1, -0.05) is 19.4 Å². The minimum Gasteiger partial charge on any atom is -0.339 e. The van der Waals surface area contributed by atoms with Crippen LogP contribution in [-0.2, 0) is 4.79 Å². The van der Waals surface area contributed by atoms with Crippen LogP contribution in [0.25, 0.3) is 0 Å². The molecule has 0 radical (unpaired) electrons. The molecular weight excluding hydrogens is 264 g/mol. The van der Waals surface area contributed by atoms with Gasteiger partial charge in [0.15, 0.2) is 0 Å². The quantitative estimate of drug-likeness (QED) is 0.807. The summed E-state index contributed by atoms with van der Waals surface area (Å²) in [5.41, 5.74) is 1.51. The molecule has 1 fully saturated rings. The molecule has 1 aromatic carbocycles. The Bertz CT molecular complexity index is 513. The van der Waals surface area contributed by atoms with Crippen LogP contribution >= 0.6 is 0 Å². The van der Waals surface area contributed by atoms with Crippen molar-refractivity contribution >= 4 is 17.5 Å². The molecule has 2 amide bonds. The normalized spacial score (nSPS) is 14.6. The van der Waals surface area contributed by atoms with Crippen LogP contribution in [0.2, 0.25) is 0 Å². The second-order valence-electron chi connectivity index (χ2n) is 5.44. The van der Waals surface area contributed by atoms with Gasteiger partial charge < -0.3 is 9.80 Å². The van der Waals surface area contributed by atoms with Gasteiger partial charge in [0.05, 0.1) is 0 Å². The first-order valence-corrected chi connectivity index (χ1v) is 7.87. The van der Waals surface area contributed by atoms with Gasteiger partial charge in [-0.25, -0.2) is 0 Å². The van der Waals surface area contributed by atoms with Crippen molar-refractivity contribution in [3.8, 4) is 0 Å². The van der Waals surface area contributed by atoms with Gasteiger partial charge in [-0.15, -0.1) is 0 Å². The molecule has 0 N–H and O–H groups in total. The molecular formula is C17H24N2O2. The van der Waals surface area contributed by atoms with Gasteiger partial charge in [0.1, 0.15) is 0 Å². The Morgan fingerprint density at radius 3 is 2.76 bits per heavy atom. The molecule has 0 unspecified atom stereocenters. The van der Waals surface area contributed by atoms with Crippen LogP contribution in [0.15, 0.2) is 24.3 Å². The minimum absolute atomic E-state index is 0.0550. The average Bonchev–Trinajstić information content (AvgIpc) is 2.94. The third kappa shape index (κ3) is 3.63. The van der Waals surface area contributed by atoms with Gasteiger partial charge in [0.2, 0.25) is 5.91 Å². The number of hydrogen-bond donors (Lipinski definition) is 0. The van der Waals surface area contributed by atoms with Gasteiger partial charge in [-0.05, 0) is 38.0 Å². The van der Waals surface area contributed by atoms with Crippen LogP contribution in [0.4, 0.5) is 5.69 Å². The molecule has 1 saturated heterocycles. The highest BCUT2D eigenvalue weighted by Gasteiger charge is 2.23. The predicted molar refractivity (Wildman–Crippen MR) is 84.5 cm³/mol. The summed E-state index contributed by atoms with van der Waals surface area (Å²) in [5, 5.41) is 0. The van der Waals surface area contributed by atoms with E-state index in [2.05, 4.69) is 6.92 Å². The second-order valence-corrected chi connectivity index (χ2v) is 5.44. The van der Waals surface area contributed by atoms with Gasteiger partial charge in [-0.2, -0.15) is 0 Å². The molecule has 0 spiro atoms. The number of anilines is 1. The Balaban J connectivity index is 2.16. The lowest BCUT2D eigenvalue weighted by Crippen LogP contribution is -2.32. The summed E-state index contributed by atoms with van der Waals surface area (Å²) in [5.74, 6) is 0.206. The number of amides is 2. The maximum absolute atomic E-state index is 12.6. The van der Waals surface area contributed by atoms with Crippen LogP contribution in [-0.4, -0.2) is 36.3 Å². The molecule has 2 rings (SSSR count). The standard InChI is InChI=1S/C17H24N2O2/c1-3-5-11-18(4-2)17(21)14-8-6-9-15(13-14)19-12-7-10-16(19)20/h6,8-9,13H,3-5,7,10-12H2,1-2H3. The van der Waals surface area contributed by atoms with Crippen molar-refractivity contribution in [1.29, 1.82) is 0 Å². The van der Waals surface area contributed by atoms with Crippen molar-refractivity contribution in [1.82, 2.24) is 4.90 Å². The van der Waals surface area contributed by atoms with E-state index in [1.807, 2.05) is 36.1 Å². The van der Waals surface area contributed by atoms with E-state index in [9.17, 15) is 9.59 Å². The van der Waals surface area contributed by atoms with E-state index < -0.39 is 0 Å². The number of rotatable bonds is 6. The fourth-order valence-corrected chi connectivity index (χ4v) is 2.66. The average molecular weight is 288 g/mol. The van der Waals surface area contributed by atoms with Crippen LogP contribution < -0.4 is 4.90 Å². The fraction of sp³-hybridized carbons (Fsp3) is 0.529. The van der Waals surface area contributed by atoms with E-state index in [4.69, 9.17) is 0 Å². The van der Waals surface area contributed by atoms with Crippen molar-refractivity contribution in [2.45, 2.75) is 39.5 Å². The Morgan fingerprint density at radius 2 is 2.14 bits per heavy atom. The van der Waals surface area contributed by atoms with Crippen molar-refractivity contribution < 1.29 is 9.59 Å². The van der Waals surface area contributed by atoms with Gasteiger partial charge in [0.25, 0.3) is 5.91 Å². The third-order valence-electron chi connectivity index (χ3n) is 3.93. The highest BCUT2D eigenvalue weighted by Crippen LogP contribution is 2.22. The molecule has 0 saturated carbocycles. The zero-order valence-electron chi connectivity index (χ0n) is 13.0. The van der Waals surface area contributed by atoms with Crippen molar-refractivity contribution in [2.75, 3.05) is 24.5 Å². The molecule has 0 atom stereocenters. The molecule has 0 aromatic heterocycles. The number of nitrogens with zero attached hydrogens (tertiary/aromatic N) is 2. The van der Waals surface area contributed by atoms with Crippen molar-refractivity contribution in [2.24, 2.45) is 0 Å². The minimum atomic E-state index is 0.0550. The predicted octanol–water partition coefficient (Wildman–Crippen LogP) is 3.08. The summed E-state index contributed by atoms with van der Waals surface area (Å²) in [6.07, 6.45) is 3.60. The number of carbonyl (C=O) groups is 2. The monoisotopic (exact) mass is 288 g/mol. The lowest BCUT2D eigenvalue weighted by Gasteiger charge is -2.22. The topological polar surface area (TPSA) is 40.6 Å². The first kappa shape index (κ1) is 15.5. The van der Waals surface area contributed by atoms with Crippen LogP contribution in [0.1, 0.15) is 49.9 Å². The lowest BCUT2D eigenvalue weighted by atomic mass is 10.1. The van der Waals surface area contributed by atoms with E-state index in [0.29, 0.717) is 18.5 Å². The Morgan fingerprint density at radius 1 is 1.33 bits per heavy atom. The molecule has 1 aliphatic rings. The smallest absolute Gasteiger partial charge is 0.253 e. The van der Waals surface area contributed by atoms with Gasteiger partial charge >= 0.3 is 0 Å². The molecule has 1 heterocycles.